The number of nitrogens with one attached hydrogen (secondary N) is 1. The Morgan fingerprint density at radius 3 is 2.55 bits per heavy atom. The van der Waals surface area contributed by atoms with Crippen molar-refractivity contribution in [2.75, 3.05) is 20.3 Å². The van der Waals surface area contributed by atoms with E-state index in [0.29, 0.717) is 24.8 Å². The summed E-state index contributed by atoms with van der Waals surface area (Å²) in [5, 5.41) is 5.56. The molecule has 0 aliphatic heterocycles. The Morgan fingerprint density at radius 1 is 1.27 bits per heavy atom. The summed E-state index contributed by atoms with van der Waals surface area (Å²) in [6.45, 7) is 4.95. The van der Waals surface area contributed by atoms with E-state index < -0.39 is 0 Å². The van der Waals surface area contributed by atoms with Crippen LogP contribution in [0.4, 0.5) is 0 Å². The maximum absolute atomic E-state index is 11.9. The Balaban J connectivity index is 1.74. The summed E-state index contributed by atoms with van der Waals surface area (Å²) in [6.07, 6.45) is 0. The maximum atomic E-state index is 11.9. The molecule has 22 heavy (non-hydrogen) atoms. The normalized spacial score (nSPS) is 10.5. The van der Waals surface area contributed by atoms with Crippen molar-refractivity contribution in [1.82, 2.24) is 10.3 Å². The lowest BCUT2D eigenvalue weighted by molar-refractivity contribution is 0.0942. The smallest absolute Gasteiger partial charge is 0.270 e. The van der Waals surface area contributed by atoms with Crippen LogP contribution in [0.3, 0.4) is 0 Å². The summed E-state index contributed by atoms with van der Waals surface area (Å²) < 4.78 is 10.6. The molecule has 118 valence electrons. The average Bonchev–Trinajstić information content (AvgIpc) is 3.02. The van der Waals surface area contributed by atoms with Crippen LogP contribution in [-0.4, -0.2) is 31.2 Å². The van der Waals surface area contributed by atoms with E-state index in [2.05, 4.69) is 24.1 Å². The van der Waals surface area contributed by atoms with Crippen LogP contribution < -0.4 is 14.8 Å². The molecule has 1 amide bonds. The van der Waals surface area contributed by atoms with E-state index in [4.69, 9.17) is 9.47 Å². The molecule has 0 fully saturated rings. The van der Waals surface area contributed by atoms with Crippen molar-refractivity contribution in [2.45, 2.75) is 19.8 Å². The molecule has 0 saturated carbocycles. The molecule has 0 bridgehead atoms. The quantitative estimate of drug-likeness (QED) is 0.797. The van der Waals surface area contributed by atoms with Crippen LogP contribution in [0.25, 0.3) is 0 Å². The summed E-state index contributed by atoms with van der Waals surface area (Å²) in [5.74, 6) is 1.70. The fourth-order valence-corrected chi connectivity index (χ4v) is 2.57. The molecule has 1 aromatic carbocycles. The molecule has 0 spiro atoms. The first kappa shape index (κ1) is 16.3. The van der Waals surface area contributed by atoms with Crippen LogP contribution in [0.2, 0.25) is 0 Å². The fourth-order valence-electron chi connectivity index (χ4n) is 1.75. The van der Waals surface area contributed by atoms with Gasteiger partial charge in [0, 0.05) is 11.3 Å². The highest BCUT2D eigenvalue weighted by molar-refractivity contribution is 7.09. The van der Waals surface area contributed by atoms with Gasteiger partial charge in [-0.3, -0.25) is 4.79 Å². The summed E-state index contributed by atoms with van der Waals surface area (Å²) in [5.41, 5.74) is 0.471. The number of rotatable bonds is 7. The topological polar surface area (TPSA) is 60.5 Å². The molecule has 0 saturated heterocycles. The number of nitrogens with zero attached hydrogens (tertiary/aromatic N) is 1. The summed E-state index contributed by atoms with van der Waals surface area (Å²) in [6, 6.07) is 7.32. The third-order valence-electron chi connectivity index (χ3n) is 2.96. The lowest BCUT2D eigenvalue weighted by atomic mass is 10.2. The van der Waals surface area contributed by atoms with Crippen molar-refractivity contribution < 1.29 is 14.3 Å². The van der Waals surface area contributed by atoms with E-state index in [1.807, 2.05) is 24.3 Å². The second-order valence-corrected chi connectivity index (χ2v) is 5.90. The van der Waals surface area contributed by atoms with Crippen molar-refractivity contribution in [3.63, 3.8) is 0 Å². The van der Waals surface area contributed by atoms with Gasteiger partial charge in [0.2, 0.25) is 0 Å². The molecule has 0 unspecified atom stereocenters. The van der Waals surface area contributed by atoms with E-state index in [1.54, 1.807) is 12.5 Å². The maximum Gasteiger partial charge on any atom is 0.270 e. The van der Waals surface area contributed by atoms with Gasteiger partial charge in [-0.25, -0.2) is 4.98 Å². The molecule has 6 heteroatoms. The van der Waals surface area contributed by atoms with Gasteiger partial charge in [0.1, 0.15) is 23.8 Å². The first-order valence-corrected chi connectivity index (χ1v) is 7.98. The Morgan fingerprint density at radius 2 is 1.95 bits per heavy atom. The molecule has 0 radical (unpaired) electrons. The van der Waals surface area contributed by atoms with E-state index in [9.17, 15) is 4.79 Å². The number of benzene rings is 1. The lowest BCUT2D eigenvalue weighted by Crippen LogP contribution is -2.28. The van der Waals surface area contributed by atoms with Gasteiger partial charge >= 0.3 is 0 Å². The predicted molar refractivity (Wildman–Crippen MR) is 87.0 cm³/mol. The van der Waals surface area contributed by atoms with Crippen LogP contribution in [0.1, 0.15) is 35.3 Å². The Kier molecular flexibility index (Phi) is 5.77. The Bertz CT molecular complexity index is 608. The van der Waals surface area contributed by atoms with Crippen molar-refractivity contribution in [3.05, 3.63) is 40.3 Å². The molecule has 2 aromatic rings. The SMILES string of the molecule is COc1ccc(OCCNC(=O)c2csc(C(C)C)n2)cc1. The monoisotopic (exact) mass is 320 g/mol. The van der Waals surface area contributed by atoms with E-state index in [0.717, 1.165) is 16.5 Å². The summed E-state index contributed by atoms with van der Waals surface area (Å²) in [4.78, 5) is 16.3. The number of carbonyl (C=O) groups is 1. The first-order chi connectivity index (χ1) is 10.6. The second kappa shape index (κ2) is 7.79. The zero-order valence-corrected chi connectivity index (χ0v) is 13.8. The van der Waals surface area contributed by atoms with Crippen molar-refractivity contribution in [2.24, 2.45) is 0 Å². The van der Waals surface area contributed by atoms with Crippen LogP contribution in [0, 0.1) is 0 Å². The molecule has 0 aliphatic carbocycles. The Hall–Kier alpha value is -2.08. The number of thiazole rings is 1. The predicted octanol–water partition coefficient (Wildman–Crippen LogP) is 3.08. The summed E-state index contributed by atoms with van der Waals surface area (Å²) >= 11 is 1.51. The zero-order valence-electron chi connectivity index (χ0n) is 13.0. The molecular weight excluding hydrogens is 300 g/mol. The van der Waals surface area contributed by atoms with Crippen LogP contribution in [0.15, 0.2) is 29.6 Å². The minimum absolute atomic E-state index is 0.165. The van der Waals surface area contributed by atoms with Gasteiger partial charge in [0.25, 0.3) is 5.91 Å². The second-order valence-electron chi connectivity index (χ2n) is 5.01. The van der Waals surface area contributed by atoms with E-state index in [-0.39, 0.29) is 5.91 Å². The van der Waals surface area contributed by atoms with E-state index in [1.165, 1.54) is 11.3 Å². The zero-order chi connectivity index (χ0) is 15.9. The highest BCUT2D eigenvalue weighted by Crippen LogP contribution is 2.19. The minimum atomic E-state index is -0.165. The van der Waals surface area contributed by atoms with Gasteiger partial charge in [-0.1, -0.05) is 13.8 Å². The number of aromatic nitrogens is 1. The Labute approximate surface area is 134 Å². The van der Waals surface area contributed by atoms with Crippen molar-refractivity contribution in [3.8, 4) is 11.5 Å². The molecular formula is C16H20N2O3S. The van der Waals surface area contributed by atoms with Gasteiger partial charge in [0.15, 0.2) is 0 Å². The minimum Gasteiger partial charge on any atom is -0.497 e. The van der Waals surface area contributed by atoms with Gasteiger partial charge in [-0.2, -0.15) is 0 Å². The number of ether oxygens (including phenoxy) is 2. The van der Waals surface area contributed by atoms with Gasteiger partial charge < -0.3 is 14.8 Å². The number of methoxy groups -OCH3 is 1. The molecule has 5 nitrogen and oxygen atoms in total. The first-order valence-electron chi connectivity index (χ1n) is 7.10. The molecule has 1 N–H and O–H groups in total. The average molecular weight is 320 g/mol. The lowest BCUT2D eigenvalue weighted by Gasteiger charge is -2.07. The molecule has 1 aromatic heterocycles. The number of hydrogen-bond acceptors (Lipinski definition) is 5. The molecule has 2 rings (SSSR count). The van der Waals surface area contributed by atoms with Crippen LogP contribution in [0.5, 0.6) is 11.5 Å². The highest BCUT2D eigenvalue weighted by Gasteiger charge is 2.11. The van der Waals surface area contributed by atoms with Crippen molar-refractivity contribution >= 4 is 17.2 Å². The number of carbonyl (C=O) groups excluding carboxylic acids is 1. The largest absolute Gasteiger partial charge is 0.497 e. The fraction of sp³-hybridized carbons (Fsp3) is 0.375. The van der Waals surface area contributed by atoms with Crippen LogP contribution in [-0.2, 0) is 0 Å². The van der Waals surface area contributed by atoms with Crippen LogP contribution >= 0.6 is 11.3 Å². The van der Waals surface area contributed by atoms with Crippen molar-refractivity contribution in [1.29, 1.82) is 0 Å². The third-order valence-corrected chi connectivity index (χ3v) is 4.11. The van der Waals surface area contributed by atoms with Gasteiger partial charge in [0.05, 0.1) is 18.7 Å². The molecule has 1 heterocycles. The molecule has 0 atom stereocenters. The number of hydrogen-bond donors (Lipinski definition) is 1. The standard InChI is InChI=1S/C16H20N2O3S/c1-11(2)16-18-14(10-22-16)15(19)17-8-9-21-13-6-4-12(20-3)5-7-13/h4-7,10-11H,8-9H2,1-3H3,(H,17,19). The highest BCUT2D eigenvalue weighted by atomic mass is 32.1. The van der Waals surface area contributed by atoms with Gasteiger partial charge in [-0.15, -0.1) is 11.3 Å². The van der Waals surface area contributed by atoms with Gasteiger partial charge in [-0.05, 0) is 24.3 Å². The summed E-state index contributed by atoms with van der Waals surface area (Å²) in [7, 11) is 1.62. The third kappa shape index (κ3) is 4.46. The van der Waals surface area contributed by atoms with E-state index >= 15 is 0 Å². The number of amides is 1. The molecule has 0 aliphatic rings.